The predicted molar refractivity (Wildman–Crippen MR) is 46.8 cm³/mol. The Hall–Kier alpha value is -0.0551. The van der Waals surface area contributed by atoms with Crippen molar-refractivity contribution in [3.05, 3.63) is 0 Å². The summed E-state index contributed by atoms with van der Waals surface area (Å²) in [6.45, 7) is 9.27. The van der Waals surface area contributed by atoms with Crippen LogP contribution in [0, 0.1) is 0 Å². The lowest BCUT2D eigenvalue weighted by Gasteiger charge is -2.13. The zero-order valence-corrected chi connectivity index (χ0v) is 7.20. The van der Waals surface area contributed by atoms with E-state index >= 15 is 0 Å². The summed E-state index contributed by atoms with van der Waals surface area (Å²) in [4.78, 5) is 0. The molecular formula is C6H18BN3. The summed E-state index contributed by atoms with van der Waals surface area (Å²) >= 11 is 0. The van der Waals surface area contributed by atoms with Gasteiger partial charge in [0, 0.05) is 0 Å². The van der Waals surface area contributed by atoms with E-state index in [1.165, 1.54) is 0 Å². The van der Waals surface area contributed by atoms with E-state index < -0.39 is 0 Å². The maximum absolute atomic E-state index is 3.26. The van der Waals surface area contributed by atoms with E-state index in [9.17, 15) is 0 Å². The molecule has 0 aliphatic rings. The molecule has 60 valence electrons. The molecule has 3 N–H and O–H groups in total. The Labute approximate surface area is 64.1 Å². The summed E-state index contributed by atoms with van der Waals surface area (Å²) < 4.78 is 0. The molecule has 4 heteroatoms. The van der Waals surface area contributed by atoms with Gasteiger partial charge in [-0.15, -0.1) is 0 Å². The fraction of sp³-hybridized carbons (Fsp3) is 1.00. The molecule has 10 heavy (non-hydrogen) atoms. The van der Waals surface area contributed by atoms with Crippen molar-refractivity contribution in [2.45, 2.75) is 20.8 Å². The summed E-state index contributed by atoms with van der Waals surface area (Å²) in [6.07, 6.45) is 0. The molecule has 0 rings (SSSR count). The second-order valence-electron chi connectivity index (χ2n) is 2.11. The SMILES string of the molecule is CCNB(NCC)NCC. The number of hydrogen-bond acceptors (Lipinski definition) is 3. The topological polar surface area (TPSA) is 36.1 Å². The third-order valence-corrected chi connectivity index (χ3v) is 1.22. The van der Waals surface area contributed by atoms with E-state index in [2.05, 4.69) is 36.5 Å². The molecule has 0 saturated heterocycles. The number of hydrogen-bond donors (Lipinski definition) is 3. The Bertz CT molecular complexity index is 55.7. The van der Waals surface area contributed by atoms with E-state index in [0.29, 0.717) is 0 Å². The van der Waals surface area contributed by atoms with E-state index in [-0.39, 0.29) is 7.12 Å². The molecule has 0 radical (unpaired) electrons. The van der Waals surface area contributed by atoms with Gasteiger partial charge in [0.1, 0.15) is 0 Å². The van der Waals surface area contributed by atoms with Crippen LogP contribution in [-0.2, 0) is 0 Å². The van der Waals surface area contributed by atoms with Crippen LogP contribution in [0.2, 0.25) is 0 Å². The Morgan fingerprint density at radius 1 is 0.800 bits per heavy atom. The fourth-order valence-electron chi connectivity index (χ4n) is 0.829. The molecule has 0 saturated carbocycles. The van der Waals surface area contributed by atoms with Gasteiger partial charge in [-0.3, -0.25) is 0 Å². The van der Waals surface area contributed by atoms with Crippen molar-refractivity contribution in [2.75, 3.05) is 19.6 Å². The third-order valence-electron chi connectivity index (χ3n) is 1.22. The zero-order chi connectivity index (χ0) is 7.82. The normalized spacial score (nSPS) is 9.90. The minimum Gasteiger partial charge on any atom is -0.328 e. The lowest BCUT2D eigenvalue weighted by molar-refractivity contribution is 0.820. The second kappa shape index (κ2) is 7.06. The van der Waals surface area contributed by atoms with Gasteiger partial charge in [-0.1, -0.05) is 20.8 Å². The average Bonchev–Trinajstić information content (AvgIpc) is 1.90. The largest absolute Gasteiger partial charge is 0.395 e. The van der Waals surface area contributed by atoms with Crippen molar-refractivity contribution in [1.82, 2.24) is 15.7 Å². The van der Waals surface area contributed by atoms with Gasteiger partial charge in [0.2, 0.25) is 0 Å². The van der Waals surface area contributed by atoms with Crippen LogP contribution in [0.4, 0.5) is 0 Å². The van der Waals surface area contributed by atoms with Crippen molar-refractivity contribution in [3.8, 4) is 0 Å². The zero-order valence-electron chi connectivity index (χ0n) is 7.20. The molecule has 0 spiro atoms. The predicted octanol–water partition coefficient (Wildman–Crippen LogP) is -0.200. The molecule has 0 aromatic carbocycles. The van der Waals surface area contributed by atoms with E-state index in [4.69, 9.17) is 0 Å². The molecule has 0 aliphatic carbocycles. The summed E-state index contributed by atoms with van der Waals surface area (Å²) in [5.41, 5.74) is 0. The Balaban J connectivity index is 3.30. The summed E-state index contributed by atoms with van der Waals surface area (Å²) in [5.74, 6) is 0. The molecule has 0 bridgehead atoms. The van der Waals surface area contributed by atoms with Crippen LogP contribution in [0.5, 0.6) is 0 Å². The van der Waals surface area contributed by atoms with Crippen molar-refractivity contribution in [3.63, 3.8) is 0 Å². The molecule has 0 atom stereocenters. The first-order valence-corrected chi connectivity index (χ1v) is 4.05. The molecule has 0 aliphatic heterocycles. The highest BCUT2D eigenvalue weighted by atomic mass is 15.1. The van der Waals surface area contributed by atoms with Gasteiger partial charge in [-0.2, -0.15) is 0 Å². The van der Waals surface area contributed by atoms with Gasteiger partial charge in [-0.25, -0.2) is 0 Å². The molecular weight excluding hydrogens is 125 g/mol. The lowest BCUT2D eigenvalue weighted by atomic mass is 9.94. The van der Waals surface area contributed by atoms with Crippen LogP contribution in [0.25, 0.3) is 0 Å². The first-order valence-electron chi connectivity index (χ1n) is 4.05. The molecule has 0 amide bonds. The molecule has 0 fully saturated rings. The van der Waals surface area contributed by atoms with Crippen LogP contribution in [0.1, 0.15) is 20.8 Å². The van der Waals surface area contributed by atoms with Crippen LogP contribution in [-0.4, -0.2) is 26.8 Å². The smallest absolute Gasteiger partial charge is 0.328 e. The van der Waals surface area contributed by atoms with Gasteiger partial charge >= 0.3 is 7.12 Å². The number of nitrogens with one attached hydrogen (secondary N) is 3. The van der Waals surface area contributed by atoms with Gasteiger partial charge < -0.3 is 15.7 Å². The quantitative estimate of drug-likeness (QED) is 0.450. The van der Waals surface area contributed by atoms with Crippen LogP contribution in [0.3, 0.4) is 0 Å². The van der Waals surface area contributed by atoms with E-state index in [1.54, 1.807) is 0 Å². The van der Waals surface area contributed by atoms with Crippen LogP contribution < -0.4 is 15.7 Å². The maximum atomic E-state index is 3.26. The Morgan fingerprint density at radius 2 is 1.10 bits per heavy atom. The van der Waals surface area contributed by atoms with Gasteiger partial charge in [0.15, 0.2) is 0 Å². The summed E-state index contributed by atoms with van der Waals surface area (Å²) in [6, 6.07) is 0. The summed E-state index contributed by atoms with van der Waals surface area (Å²) in [5, 5.41) is 9.79. The molecule has 0 aromatic heterocycles. The van der Waals surface area contributed by atoms with Gasteiger partial charge in [0.05, 0.1) is 0 Å². The maximum Gasteiger partial charge on any atom is 0.395 e. The molecule has 3 nitrogen and oxygen atoms in total. The highest BCUT2D eigenvalue weighted by Gasteiger charge is 2.08. The first kappa shape index (κ1) is 9.94. The first-order chi connectivity index (χ1) is 4.85. The molecule has 0 unspecified atom stereocenters. The van der Waals surface area contributed by atoms with Crippen molar-refractivity contribution < 1.29 is 0 Å². The highest BCUT2D eigenvalue weighted by Crippen LogP contribution is 1.64. The summed E-state index contributed by atoms with van der Waals surface area (Å²) in [7, 11) is 0.278. The second-order valence-corrected chi connectivity index (χ2v) is 2.11. The minimum absolute atomic E-state index is 0.278. The molecule has 0 aromatic rings. The Morgan fingerprint density at radius 3 is 1.30 bits per heavy atom. The van der Waals surface area contributed by atoms with Crippen LogP contribution in [0.15, 0.2) is 0 Å². The fourth-order valence-corrected chi connectivity index (χ4v) is 0.829. The van der Waals surface area contributed by atoms with Gasteiger partial charge in [0.25, 0.3) is 0 Å². The van der Waals surface area contributed by atoms with Gasteiger partial charge in [-0.05, 0) is 19.6 Å². The standard InChI is InChI=1S/C6H18BN3/c1-4-8-7(9-5-2)10-6-3/h8-10H,4-6H2,1-3H3. The average molecular weight is 143 g/mol. The monoisotopic (exact) mass is 143 g/mol. The third kappa shape index (κ3) is 4.79. The van der Waals surface area contributed by atoms with E-state index in [1.807, 2.05) is 0 Å². The highest BCUT2D eigenvalue weighted by molar-refractivity contribution is 6.50. The van der Waals surface area contributed by atoms with Crippen molar-refractivity contribution in [2.24, 2.45) is 0 Å². The lowest BCUT2D eigenvalue weighted by Crippen LogP contribution is -2.57. The van der Waals surface area contributed by atoms with Crippen LogP contribution >= 0.6 is 0 Å². The molecule has 0 heterocycles. The van der Waals surface area contributed by atoms with Crippen molar-refractivity contribution >= 4 is 7.12 Å². The number of rotatable bonds is 6. The Kier molecular flexibility index (Phi) is 7.02. The van der Waals surface area contributed by atoms with E-state index in [0.717, 1.165) is 19.6 Å². The minimum atomic E-state index is 0.278. The van der Waals surface area contributed by atoms with Crippen molar-refractivity contribution in [1.29, 1.82) is 0 Å².